The highest BCUT2D eigenvalue weighted by atomic mass is 16.5. The number of benzene rings is 1. The van der Waals surface area contributed by atoms with E-state index in [9.17, 15) is 0 Å². The number of fused-ring (bicyclic) bond motifs is 1. The van der Waals surface area contributed by atoms with Crippen molar-refractivity contribution in [3.8, 4) is 11.3 Å². The molecule has 4 nitrogen and oxygen atoms in total. The molecule has 0 saturated carbocycles. The Kier molecular flexibility index (Phi) is 2.15. The van der Waals surface area contributed by atoms with Gasteiger partial charge in [0.2, 0.25) is 0 Å². The number of nitrogens with zero attached hydrogens (tertiary/aromatic N) is 1. The fourth-order valence-electron chi connectivity index (χ4n) is 1.97. The number of hydrogen-bond acceptors (Lipinski definition) is 4. The topological polar surface area (TPSA) is 61.3 Å². The van der Waals surface area contributed by atoms with Gasteiger partial charge in [-0.05, 0) is 23.6 Å². The molecule has 0 amide bonds. The molecule has 0 radical (unpaired) electrons. The summed E-state index contributed by atoms with van der Waals surface area (Å²) < 4.78 is 10.5. The number of aromatic nitrogens is 1. The van der Waals surface area contributed by atoms with Crippen molar-refractivity contribution in [3.63, 3.8) is 0 Å². The minimum Gasteiger partial charge on any atom is -0.394 e. The summed E-state index contributed by atoms with van der Waals surface area (Å²) in [6.07, 6.45) is 2.47. The van der Waals surface area contributed by atoms with E-state index in [1.165, 1.54) is 17.3 Å². The van der Waals surface area contributed by atoms with Gasteiger partial charge in [-0.2, -0.15) is 0 Å². The molecule has 0 spiro atoms. The summed E-state index contributed by atoms with van der Waals surface area (Å²) in [5, 5.41) is 3.69. The van der Waals surface area contributed by atoms with E-state index in [1.807, 2.05) is 6.07 Å². The Hall–Kier alpha value is -1.81. The highest BCUT2D eigenvalue weighted by Gasteiger charge is 2.13. The first-order valence-corrected chi connectivity index (χ1v) is 5.24. The van der Waals surface area contributed by atoms with E-state index in [2.05, 4.69) is 17.3 Å². The number of rotatable bonds is 1. The maximum atomic E-state index is 5.77. The fourth-order valence-corrected chi connectivity index (χ4v) is 1.97. The van der Waals surface area contributed by atoms with Gasteiger partial charge in [-0.25, -0.2) is 0 Å². The predicted molar refractivity (Wildman–Crippen MR) is 59.7 cm³/mol. The molecule has 0 atom stereocenters. The minimum atomic E-state index is 0.576. The molecule has 1 aromatic heterocycles. The number of nitrogen functional groups attached to an aromatic ring is 1. The highest BCUT2D eigenvalue weighted by molar-refractivity contribution is 5.70. The SMILES string of the molecule is Nc1cnoc1-c1ccc2c(c1)CCOC2. The fraction of sp³-hybridized carbons (Fsp3) is 0.250. The molecule has 1 aromatic carbocycles. The van der Waals surface area contributed by atoms with Crippen LogP contribution in [0.25, 0.3) is 11.3 Å². The maximum Gasteiger partial charge on any atom is 0.189 e. The predicted octanol–water partition coefficient (Wildman–Crippen LogP) is 2.00. The Morgan fingerprint density at radius 1 is 1.25 bits per heavy atom. The van der Waals surface area contributed by atoms with Gasteiger partial charge in [0.25, 0.3) is 0 Å². The average molecular weight is 216 g/mol. The van der Waals surface area contributed by atoms with Gasteiger partial charge in [0, 0.05) is 5.56 Å². The number of nitrogens with two attached hydrogens (primary N) is 1. The van der Waals surface area contributed by atoms with Gasteiger partial charge in [0.1, 0.15) is 5.69 Å². The Labute approximate surface area is 93.0 Å². The van der Waals surface area contributed by atoms with Crippen molar-refractivity contribution < 1.29 is 9.26 Å². The van der Waals surface area contributed by atoms with E-state index < -0.39 is 0 Å². The van der Waals surface area contributed by atoms with Crippen molar-refractivity contribution in [2.45, 2.75) is 13.0 Å². The van der Waals surface area contributed by atoms with Gasteiger partial charge < -0.3 is 15.0 Å². The van der Waals surface area contributed by atoms with Crippen molar-refractivity contribution in [1.82, 2.24) is 5.16 Å². The van der Waals surface area contributed by atoms with Crippen LogP contribution in [0.1, 0.15) is 11.1 Å². The van der Waals surface area contributed by atoms with Crippen LogP contribution in [0.2, 0.25) is 0 Å². The molecule has 2 aromatic rings. The van der Waals surface area contributed by atoms with Gasteiger partial charge in [-0.15, -0.1) is 0 Å². The molecule has 0 saturated heterocycles. The molecule has 0 fully saturated rings. The zero-order valence-corrected chi connectivity index (χ0v) is 8.77. The highest BCUT2D eigenvalue weighted by Crippen LogP contribution is 2.28. The lowest BCUT2D eigenvalue weighted by atomic mass is 9.99. The standard InChI is InChI=1S/C12H12N2O2/c13-11-6-14-16-12(11)9-1-2-10-7-15-4-3-8(10)5-9/h1-2,5-6H,3-4,7,13H2. The summed E-state index contributed by atoms with van der Waals surface area (Å²) in [6.45, 7) is 1.48. The van der Waals surface area contributed by atoms with Crippen molar-refractivity contribution in [2.24, 2.45) is 0 Å². The van der Waals surface area contributed by atoms with Crippen LogP contribution in [0.3, 0.4) is 0 Å². The summed E-state index contributed by atoms with van der Waals surface area (Å²) in [6, 6.07) is 6.16. The molecule has 0 bridgehead atoms. The molecule has 0 unspecified atom stereocenters. The largest absolute Gasteiger partial charge is 0.394 e. The van der Waals surface area contributed by atoms with E-state index in [0.717, 1.165) is 18.6 Å². The lowest BCUT2D eigenvalue weighted by molar-refractivity contribution is 0.111. The van der Waals surface area contributed by atoms with Gasteiger partial charge >= 0.3 is 0 Å². The van der Waals surface area contributed by atoms with E-state index in [-0.39, 0.29) is 0 Å². The zero-order valence-electron chi connectivity index (χ0n) is 8.77. The molecular weight excluding hydrogens is 204 g/mol. The first-order chi connectivity index (χ1) is 7.84. The summed E-state index contributed by atoms with van der Waals surface area (Å²) >= 11 is 0. The quantitative estimate of drug-likeness (QED) is 0.791. The van der Waals surface area contributed by atoms with Crippen LogP contribution in [0.5, 0.6) is 0 Å². The number of anilines is 1. The Morgan fingerprint density at radius 2 is 2.19 bits per heavy atom. The molecular formula is C12H12N2O2. The molecule has 3 rings (SSSR count). The van der Waals surface area contributed by atoms with Gasteiger partial charge in [-0.3, -0.25) is 0 Å². The summed E-state index contributed by atoms with van der Waals surface area (Å²) in [5.41, 5.74) is 9.87. The summed E-state index contributed by atoms with van der Waals surface area (Å²) in [5.74, 6) is 0.647. The molecule has 1 aliphatic heterocycles. The van der Waals surface area contributed by atoms with E-state index in [0.29, 0.717) is 18.1 Å². The molecule has 2 N–H and O–H groups in total. The normalized spacial score (nSPS) is 14.8. The lowest BCUT2D eigenvalue weighted by Gasteiger charge is -2.16. The van der Waals surface area contributed by atoms with Crippen molar-refractivity contribution in [2.75, 3.05) is 12.3 Å². The average Bonchev–Trinajstić information content (AvgIpc) is 2.75. The minimum absolute atomic E-state index is 0.576. The molecule has 82 valence electrons. The first-order valence-electron chi connectivity index (χ1n) is 5.24. The van der Waals surface area contributed by atoms with Crippen molar-refractivity contribution in [3.05, 3.63) is 35.5 Å². The second-order valence-corrected chi connectivity index (χ2v) is 3.90. The molecule has 4 heteroatoms. The Balaban J connectivity index is 2.06. The summed E-state index contributed by atoms with van der Waals surface area (Å²) in [4.78, 5) is 0. The van der Waals surface area contributed by atoms with Crippen LogP contribution in [-0.2, 0) is 17.8 Å². The van der Waals surface area contributed by atoms with Crippen LogP contribution in [0, 0.1) is 0 Å². The monoisotopic (exact) mass is 216 g/mol. The van der Waals surface area contributed by atoms with Crippen LogP contribution in [-0.4, -0.2) is 11.8 Å². The second-order valence-electron chi connectivity index (χ2n) is 3.90. The van der Waals surface area contributed by atoms with Crippen LogP contribution < -0.4 is 5.73 Å². The van der Waals surface area contributed by atoms with Gasteiger partial charge in [0.05, 0.1) is 19.4 Å². The summed E-state index contributed by atoms with van der Waals surface area (Å²) in [7, 11) is 0. The Morgan fingerprint density at radius 3 is 3.00 bits per heavy atom. The van der Waals surface area contributed by atoms with Crippen molar-refractivity contribution in [1.29, 1.82) is 0 Å². The smallest absolute Gasteiger partial charge is 0.189 e. The van der Waals surface area contributed by atoms with Crippen LogP contribution in [0.4, 0.5) is 5.69 Å². The molecule has 1 aliphatic rings. The third-order valence-corrected chi connectivity index (χ3v) is 2.84. The van der Waals surface area contributed by atoms with E-state index in [1.54, 1.807) is 0 Å². The van der Waals surface area contributed by atoms with Gasteiger partial charge in [0.15, 0.2) is 5.76 Å². The zero-order chi connectivity index (χ0) is 11.0. The Bertz CT molecular complexity index is 519. The molecule has 2 heterocycles. The molecule has 0 aliphatic carbocycles. The maximum absolute atomic E-state index is 5.77. The lowest BCUT2D eigenvalue weighted by Crippen LogP contribution is -2.09. The van der Waals surface area contributed by atoms with E-state index in [4.69, 9.17) is 15.0 Å². The third-order valence-electron chi connectivity index (χ3n) is 2.84. The number of ether oxygens (including phenoxy) is 1. The molecule has 16 heavy (non-hydrogen) atoms. The van der Waals surface area contributed by atoms with Gasteiger partial charge in [-0.1, -0.05) is 17.3 Å². The first kappa shape index (κ1) is 9.42. The van der Waals surface area contributed by atoms with E-state index >= 15 is 0 Å². The van der Waals surface area contributed by atoms with Crippen molar-refractivity contribution >= 4 is 5.69 Å². The van der Waals surface area contributed by atoms with Crippen LogP contribution >= 0.6 is 0 Å². The van der Waals surface area contributed by atoms with Crippen LogP contribution in [0.15, 0.2) is 28.9 Å². The third kappa shape index (κ3) is 1.47. The second kappa shape index (κ2) is 3.64. The number of hydrogen-bond donors (Lipinski definition) is 1.